The molecule has 0 bridgehead atoms. The molecule has 1 heterocycles. The van der Waals surface area contributed by atoms with Gasteiger partial charge in [0, 0.05) is 20.9 Å². The predicted octanol–water partition coefficient (Wildman–Crippen LogP) is 3.12. The van der Waals surface area contributed by atoms with Crippen LogP contribution in [-0.2, 0) is 6.61 Å². The predicted molar refractivity (Wildman–Crippen MR) is 76.0 cm³/mol. The van der Waals surface area contributed by atoms with E-state index in [1.54, 1.807) is 23.5 Å². The summed E-state index contributed by atoms with van der Waals surface area (Å²) in [5, 5.41) is 9.18. The molecule has 0 aliphatic rings. The lowest BCUT2D eigenvalue weighted by atomic mass is 10.1. The largest absolute Gasteiger partial charge is 0.485 e. The van der Waals surface area contributed by atoms with Gasteiger partial charge in [-0.25, -0.2) is 0 Å². The van der Waals surface area contributed by atoms with Crippen molar-refractivity contribution in [3.63, 3.8) is 0 Å². The van der Waals surface area contributed by atoms with Gasteiger partial charge in [-0.15, -0.1) is 11.3 Å². The second-order valence-corrected chi connectivity index (χ2v) is 5.77. The van der Waals surface area contributed by atoms with Crippen molar-refractivity contribution in [2.24, 2.45) is 0 Å². The van der Waals surface area contributed by atoms with E-state index in [4.69, 9.17) is 4.74 Å². The number of para-hydroxylation sites is 1. The zero-order chi connectivity index (χ0) is 13.8. The number of rotatable bonds is 5. The molecule has 0 unspecified atom stereocenters. The number of carbonyl (C=O) groups is 1. The minimum absolute atomic E-state index is 0.00593. The molecule has 0 saturated heterocycles. The van der Waals surface area contributed by atoms with Gasteiger partial charge in [-0.2, -0.15) is 0 Å². The molecule has 0 aliphatic heterocycles. The summed E-state index contributed by atoms with van der Waals surface area (Å²) >= 11 is 1.61. The van der Waals surface area contributed by atoms with E-state index >= 15 is 0 Å². The van der Waals surface area contributed by atoms with Gasteiger partial charge in [0.2, 0.25) is 5.78 Å². The number of thiophene rings is 1. The number of Topliss-reactive ketones (excluding diaryl/α,β-unsaturated/α-hetero) is 1. The standard InChI is InChI=1S/C15H16O3S/c1-10-7-13(11(2)19-10)14(17)9-18-15-6-4-3-5-12(15)8-16/h3-7,16H,8-9H2,1-2H3. The van der Waals surface area contributed by atoms with Crippen molar-refractivity contribution in [3.8, 4) is 5.75 Å². The third-order valence-corrected chi connectivity index (χ3v) is 3.81. The van der Waals surface area contributed by atoms with Crippen LogP contribution >= 0.6 is 11.3 Å². The fourth-order valence-corrected chi connectivity index (χ4v) is 2.85. The number of ether oxygens (including phenoxy) is 1. The van der Waals surface area contributed by atoms with Crippen LogP contribution in [0.1, 0.15) is 25.7 Å². The van der Waals surface area contributed by atoms with Gasteiger partial charge in [0.15, 0.2) is 6.61 Å². The number of benzene rings is 1. The Morgan fingerprint density at radius 1 is 1.32 bits per heavy atom. The first-order chi connectivity index (χ1) is 9.11. The van der Waals surface area contributed by atoms with E-state index in [2.05, 4.69) is 0 Å². The van der Waals surface area contributed by atoms with Gasteiger partial charge in [-0.1, -0.05) is 18.2 Å². The molecule has 19 heavy (non-hydrogen) atoms. The molecule has 4 heteroatoms. The van der Waals surface area contributed by atoms with Crippen LogP contribution in [-0.4, -0.2) is 17.5 Å². The summed E-state index contributed by atoms with van der Waals surface area (Å²) in [5.74, 6) is 0.526. The van der Waals surface area contributed by atoms with E-state index in [9.17, 15) is 9.90 Å². The van der Waals surface area contributed by atoms with Crippen molar-refractivity contribution in [2.45, 2.75) is 20.5 Å². The number of ketones is 1. The van der Waals surface area contributed by atoms with Gasteiger partial charge in [0.25, 0.3) is 0 Å². The maximum Gasteiger partial charge on any atom is 0.201 e. The zero-order valence-corrected chi connectivity index (χ0v) is 11.8. The lowest BCUT2D eigenvalue weighted by Crippen LogP contribution is -2.12. The van der Waals surface area contributed by atoms with Crippen molar-refractivity contribution in [2.75, 3.05) is 6.61 Å². The molecule has 0 saturated carbocycles. The molecule has 0 fully saturated rings. The maximum absolute atomic E-state index is 12.1. The van der Waals surface area contributed by atoms with Gasteiger partial charge in [0.1, 0.15) is 5.75 Å². The molecule has 3 nitrogen and oxygen atoms in total. The van der Waals surface area contributed by atoms with E-state index in [1.807, 2.05) is 32.0 Å². The third kappa shape index (κ3) is 3.22. The van der Waals surface area contributed by atoms with Crippen LogP contribution in [0.25, 0.3) is 0 Å². The lowest BCUT2D eigenvalue weighted by molar-refractivity contribution is 0.0919. The summed E-state index contributed by atoms with van der Waals surface area (Å²) in [4.78, 5) is 14.2. The molecular formula is C15H16O3S. The smallest absolute Gasteiger partial charge is 0.201 e. The highest BCUT2D eigenvalue weighted by Gasteiger charge is 2.13. The molecule has 2 aromatic rings. The molecule has 1 aromatic carbocycles. The highest BCUT2D eigenvalue weighted by atomic mass is 32.1. The molecule has 0 spiro atoms. The van der Waals surface area contributed by atoms with Crippen LogP contribution in [0.15, 0.2) is 30.3 Å². The quantitative estimate of drug-likeness (QED) is 0.853. The molecule has 2 rings (SSSR count). The Kier molecular flexibility index (Phi) is 4.35. The van der Waals surface area contributed by atoms with E-state index in [0.29, 0.717) is 11.3 Å². The van der Waals surface area contributed by atoms with Crippen molar-refractivity contribution < 1.29 is 14.6 Å². The molecular weight excluding hydrogens is 260 g/mol. The number of hydrogen-bond donors (Lipinski definition) is 1. The van der Waals surface area contributed by atoms with Gasteiger partial charge >= 0.3 is 0 Å². The van der Waals surface area contributed by atoms with E-state index in [-0.39, 0.29) is 19.0 Å². The molecule has 0 amide bonds. The molecule has 0 aliphatic carbocycles. The fraction of sp³-hybridized carbons (Fsp3) is 0.267. The van der Waals surface area contributed by atoms with Crippen LogP contribution in [0.3, 0.4) is 0 Å². The van der Waals surface area contributed by atoms with Crippen LogP contribution in [0, 0.1) is 13.8 Å². The topological polar surface area (TPSA) is 46.5 Å². The van der Waals surface area contributed by atoms with Crippen LogP contribution in [0.4, 0.5) is 0 Å². The second kappa shape index (κ2) is 5.99. The normalized spacial score (nSPS) is 10.5. The summed E-state index contributed by atoms with van der Waals surface area (Å²) < 4.78 is 5.50. The van der Waals surface area contributed by atoms with E-state index < -0.39 is 0 Å². The average Bonchev–Trinajstić information content (AvgIpc) is 2.75. The Bertz CT molecular complexity index is 587. The maximum atomic E-state index is 12.1. The Morgan fingerprint density at radius 2 is 2.05 bits per heavy atom. The summed E-state index contributed by atoms with van der Waals surface area (Å²) in [6.07, 6.45) is 0. The number of aliphatic hydroxyl groups is 1. The SMILES string of the molecule is Cc1cc(C(=O)COc2ccccc2CO)c(C)s1. The monoisotopic (exact) mass is 276 g/mol. The summed E-state index contributed by atoms with van der Waals surface area (Å²) in [6.45, 7) is 3.82. The lowest BCUT2D eigenvalue weighted by Gasteiger charge is -2.09. The summed E-state index contributed by atoms with van der Waals surface area (Å²) in [5.41, 5.74) is 1.41. The Morgan fingerprint density at radius 3 is 2.68 bits per heavy atom. The van der Waals surface area contributed by atoms with Crippen LogP contribution < -0.4 is 4.74 Å². The molecule has 1 aromatic heterocycles. The minimum Gasteiger partial charge on any atom is -0.485 e. The second-order valence-electron chi connectivity index (χ2n) is 4.30. The van der Waals surface area contributed by atoms with Gasteiger partial charge in [0.05, 0.1) is 6.61 Å². The van der Waals surface area contributed by atoms with E-state index in [1.165, 1.54) is 0 Å². The van der Waals surface area contributed by atoms with Gasteiger partial charge in [-0.3, -0.25) is 4.79 Å². The fourth-order valence-electron chi connectivity index (χ4n) is 1.90. The summed E-state index contributed by atoms with van der Waals surface area (Å²) in [6, 6.07) is 9.07. The number of carbonyl (C=O) groups excluding carboxylic acids is 1. The van der Waals surface area contributed by atoms with Gasteiger partial charge < -0.3 is 9.84 Å². The average molecular weight is 276 g/mol. The first-order valence-corrected chi connectivity index (χ1v) is 6.85. The Hall–Kier alpha value is -1.65. The third-order valence-electron chi connectivity index (χ3n) is 2.84. The van der Waals surface area contributed by atoms with Crippen molar-refractivity contribution in [1.82, 2.24) is 0 Å². The Balaban J connectivity index is 2.06. The van der Waals surface area contributed by atoms with Crippen molar-refractivity contribution >= 4 is 17.1 Å². The molecule has 100 valence electrons. The molecule has 0 atom stereocenters. The van der Waals surface area contributed by atoms with Gasteiger partial charge in [-0.05, 0) is 26.0 Å². The minimum atomic E-state index is -0.0963. The first-order valence-electron chi connectivity index (χ1n) is 6.03. The number of aryl methyl sites for hydroxylation is 2. The number of hydrogen-bond acceptors (Lipinski definition) is 4. The highest BCUT2D eigenvalue weighted by molar-refractivity contribution is 7.12. The number of aliphatic hydroxyl groups excluding tert-OH is 1. The molecule has 1 N–H and O–H groups in total. The molecule has 0 radical (unpaired) electrons. The highest BCUT2D eigenvalue weighted by Crippen LogP contribution is 2.22. The van der Waals surface area contributed by atoms with Crippen LogP contribution in [0.2, 0.25) is 0 Å². The van der Waals surface area contributed by atoms with Crippen molar-refractivity contribution in [1.29, 1.82) is 0 Å². The van der Waals surface area contributed by atoms with Crippen LogP contribution in [0.5, 0.6) is 5.75 Å². The zero-order valence-electron chi connectivity index (χ0n) is 11.0. The van der Waals surface area contributed by atoms with Crippen molar-refractivity contribution in [3.05, 3.63) is 51.2 Å². The summed E-state index contributed by atoms with van der Waals surface area (Å²) in [7, 11) is 0. The van der Waals surface area contributed by atoms with E-state index in [0.717, 1.165) is 15.3 Å². The Labute approximate surface area is 116 Å². The first kappa shape index (κ1) is 13.8.